The van der Waals surface area contributed by atoms with Crippen molar-refractivity contribution >= 4 is 11.3 Å². The summed E-state index contributed by atoms with van der Waals surface area (Å²) in [5.74, 6) is 0.574. The van der Waals surface area contributed by atoms with E-state index < -0.39 is 11.2 Å². The number of hydrogen-bond donors (Lipinski definition) is 3. The molecule has 4 rings (SSSR count). The molecule has 4 atom stereocenters. The topological polar surface area (TPSA) is 73.6 Å². The Morgan fingerprint density at radius 3 is 2.73 bits per heavy atom. The molecule has 1 heterocycles. The molecule has 3 N–H and O–H groups in total. The van der Waals surface area contributed by atoms with Crippen molar-refractivity contribution in [3.63, 3.8) is 0 Å². The van der Waals surface area contributed by atoms with Gasteiger partial charge in [0.05, 0.1) is 5.60 Å². The molecule has 0 spiro atoms. The van der Waals surface area contributed by atoms with E-state index in [9.17, 15) is 15.3 Å². The molecule has 0 unspecified atom stereocenters. The molecule has 1 aromatic carbocycles. The van der Waals surface area contributed by atoms with Gasteiger partial charge in [0.15, 0.2) is 0 Å². The number of aromatic hydroxyl groups is 1. The number of aromatic nitrogens is 1. The highest BCUT2D eigenvalue weighted by atomic mass is 32.1. The third-order valence-corrected chi connectivity index (χ3v) is 7.93. The lowest BCUT2D eigenvalue weighted by molar-refractivity contribution is -0.205. The van der Waals surface area contributed by atoms with Crippen LogP contribution in [-0.4, -0.2) is 25.9 Å². The first-order valence-electron chi connectivity index (χ1n) is 9.42. The van der Waals surface area contributed by atoms with Gasteiger partial charge in [0.2, 0.25) is 0 Å². The summed E-state index contributed by atoms with van der Waals surface area (Å²) < 4.78 is 0. The SMILES string of the molecule is CC[C@@]12C[C@@](C)(O)[C@@](O)(c3ncc(C)s3)C[C@H]1CCc1cc(O)ccc12. The van der Waals surface area contributed by atoms with Gasteiger partial charge in [0.1, 0.15) is 16.4 Å². The van der Waals surface area contributed by atoms with Crippen LogP contribution in [0.15, 0.2) is 24.4 Å². The second-order valence-corrected chi connectivity index (χ2v) is 9.61. The Morgan fingerprint density at radius 1 is 1.31 bits per heavy atom. The standard InChI is InChI=1S/C21H27NO3S/c1-4-20-12-19(3,24)21(25,18-22-11-13(2)26-18)10-15(20)6-5-14-9-16(23)7-8-17(14)20/h7-9,11,15,23-25H,4-6,10,12H2,1-3H3/t15-,19-,20-,21+/m1/s1. The minimum absolute atomic E-state index is 0.177. The fraction of sp³-hybridized carbons (Fsp3) is 0.571. The van der Waals surface area contributed by atoms with Gasteiger partial charge in [-0.1, -0.05) is 13.0 Å². The summed E-state index contributed by atoms with van der Waals surface area (Å²) in [6.45, 7) is 5.90. The van der Waals surface area contributed by atoms with Crippen molar-refractivity contribution in [1.82, 2.24) is 4.98 Å². The Balaban J connectivity index is 1.83. The average molecular weight is 374 g/mol. The van der Waals surface area contributed by atoms with Crippen LogP contribution in [0.4, 0.5) is 0 Å². The predicted molar refractivity (Wildman–Crippen MR) is 102 cm³/mol. The first kappa shape index (κ1) is 18.0. The molecule has 2 aliphatic carbocycles. The smallest absolute Gasteiger partial charge is 0.144 e. The molecule has 0 bridgehead atoms. The molecule has 0 saturated heterocycles. The normalized spacial score (nSPS) is 36.4. The molecule has 5 heteroatoms. The van der Waals surface area contributed by atoms with E-state index >= 15 is 0 Å². The molecule has 4 nitrogen and oxygen atoms in total. The maximum Gasteiger partial charge on any atom is 0.144 e. The van der Waals surface area contributed by atoms with Crippen molar-refractivity contribution in [3.05, 3.63) is 45.4 Å². The fourth-order valence-electron chi connectivity index (χ4n) is 5.44. The van der Waals surface area contributed by atoms with Crippen LogP contribution in [-0.2, 0) is 17.4 Å². The number of nitrogens with zero attached hydrogens (tertiary/aromatic N) is 1. The van der Waals surface area contributed by atoms with E-state index in [1.165, 1.54) is 22.5 Å². The Kier molecular flexibility index (Phi) is 3.99. The summed E-state index contributed by atoms with van der Waals surface area (Å²) in [5.41, 5.74) is -0.357. The molecule has 0 amide bonds. The lowest BCUT2D eigenvalue weighted by atomic mass is 9.49. The Morgan fingerprint density at radius 2 is 2.08 bits per heavy atom. The number of phenolic OH excluding ortho intramolecular Hbond substituents is 1. The van der Waals surface area contributed by atoms with Gasteiger partial charge in [-0.15, -0.1) is 11.3 Å². The van der Waals surface area contributed by atoms with Crippen molar-refractivity contribution in [1.29, 1.82) is 0 Å². The maximum atomic E-state index is 11.6. The summed E-state index contributed by atoms with van der Waals surface area (Å²) in [6, 6.07) is 5.63. The molecule has 2 aliphatic rings. The number of aryl methyl sites for hydroxylation is 2. The van der Waals surface area contributed by atoms with Crippen LogP contribution >= 0.6 is 11.3 Å². The van der Waals surface area contributed by atoms with Crippen molar-refractivity contribution in [2.24, 2.45) is 5.92 Å². The van der Waals surface area contributed by atoms with Crippen molar-refractivity contribution in [3.8, 4) is 5.75 Å². The molecular formula is C21H27NO3S. The van der Waals surface area contributed by atoms with Gasteiger partial charge in [-0.3, -0.25) is 0 Å². The molecule has 1 fully saturated rings. The van der Waals surface area contributed by atoms with Gasteiger partial charge >= 0.3 is 0 Å². The first-order chi connectivity index (χ1) is 12.2. The number of rotatable bonds is 2. The number of fused-ring (bicyclic) bond motifs is 3. The number of phenols is 1. The van der Waals surface area contributed by atoms with Crippen molar-refractivity contribution in [2.75, 3.05) is 0 Å². The second kappa shape index (κ2) is 5.78. The van der Waals surface area contributed by atoms with E-state index in [2.05, 4.69) is 11.9 Å². The highest BCUT2D eigenvalue weighted by Crippen LogP contribution is 2.60. The average Bonchev–Trinajstić information content (AvgIpc) is 3.02. The zero-order valence-electron chi connectivity index (χ0n) is 15.6. The molecule has 140 valence electrons. The first-order valence-corrected chi connectivity index (χ1v) is 10.2. The third kappa shape index (κ3) is 2.37. The number of hydrogen-bond acceptors (Lipinski definition) is 5. The minimum Gasteiger partial charge on any atom is -0.508 e. The molecule has 1 aromatic heterocycles. The fourth-order valence-corrected chi connectivity index (χ4v) is 6.43. The van der Waals surface area contributed by atoms with Gasteiger partial charge < -0.3 is 15.3 Å². The molecule has 0 aliphatic heterocycles. The van der Waals surface area contributed by atoms with E-state index in [0.29, 0.717) is 23.6 Å². The third-order valence-electron chi connectivity index (χ3n) is 6.87. The number of benzene rings is 1. The van der Waals surface area contributed by atoms with Gasteiger partial charge in [-0.2, -0.15) is 0 Å². The molecule has 2 aromatic rings. The monoisotopic (exact) mass is 373 g/mol. The van der Waals surface area contributed by atoms with Gasteiger partial charge in [-0.25, -0.2) is 4.98 Å². The molecule has 26 heavy (non-hydrogen) atoms. The summed E-state index contributed by atoms with van der Waals surface area (Å²) in [6.07, 6.45) is 5.53. The summed E-state index contributed by atoms with van der Waals surface area (Å²) >= 11 is 1.47. The van der Waals surface area contributed by atoms with E-state index in [-0.39, 0.29) is 11.3 Å². The van der Waals surface area contributed by atoms with Crippen LogP contribution in [0.3, 0.4) is 0 Å². The van der Waals surface area contributed by atoms with Crippen molar-refractivity contribution < 1.29 is 15.3 Å². The minimum atomic E-state index is -1.32. The second-order valence-electron chi connectivity index (χ2n) is 8.38. The summed E-state index contributed by atoms with van der Waals surface area (Å²) in [4.78, 5) is 5.47. The van der Waals surface area contributed by atoms with Gasteiger partial charge in [0.25, 0.3) is 0 Å². The van der Waals surface area contributed by atoms with E-state index in [0.717, 1.165) is 24.1 Å². The maximum absolute atomic E-state index is 11.6. The van der Waals surface area contributed by atoms with Crippen LogP contribution in [0.1, 0.15) is 60.5 Å². The highest BCUT2D eigenvalue weighted by molar-refractivity contribution is 7.11. The highest BCUT2D eigenvalue weighted by Gasteiger charge is 2.61. The number of thiazole rings is 1. The van der Waals surface area contributed by atoms with Crippen LogP contribution < -0.4 is 0 Å². The molecule has 0 radical (unpaired) electrons. The zero-order valence-corrected chi connectivity index (χ0v) is 16.4. The summed E-state index contributed by atoms with van der Waals surface area (Å²) in [5, 5.41) is 33.5. The van der Waals surface area contributed by atoms with Crippen LogP contribution in [0.2, 0.25) is 0 Å². The number of aliphatic hydroxyl groups is 2. The van der Waals surface area contributed by atoms with Crippen molar-refractivity contribution in [2.45, 2.75) is 69.5 Å². The van der Waals surface area contributed by atoms with Gasteiger partial charge in [-0.05, 0) is 75.1 Å². The van der Waals surface area contributed by atoms with Crippen LogP contribution in [0, 0.1) is 12.8 Å². The van der Waals surface area contributed by atoms with Gasteiger partial charge in [0, 0.05) is 16.5 Å². The Hall–Kier alpha value is -1.43. The van der Waals surface area contributed by atoms with E-state index in [1.807, 2.05) is 19.1 Å². The van der Waals surface area contributed by atoms with Crippen LogP contribution in [0.25, 0.3) is 0 Å². The van der Waals surface area contributed by atoms with E-state index in [1.54, 1.807) is 19.2 Å². The quantitative estimate of drug-likeness (QED) is 0.749. The summed E-state index contributed by atoms with van der Waals surface area (Å²) in [7, 11) is 0. The molecular weight excluding hydrogens is 346 g/mol. The Labute approximate surface area is 158 Å². The predicted octanol–water partition coefficient (Wildman–Crippen LogP) is 3.80. The molecule has 1 saturated carbocycles. The lowest BCUT2D eigenvalue weighted by Gasteiger charge is -2.58. The zero-order chi connectivity index (χ0) is 18.7. The van der Waals surface area contributed by atoms with E-state index in [4.69, 9.17) is 0 Å². The lowest BCUT2D eigenvalue weighted by Crippen LogP contribution is -2.62. The largest absolute Gasteiger partial charge is 0.508 e. The van der Waals surface area contributed by atoms with Crippen LogP contribution in [0.5, 0.6) is 5.75 Å². The Bertz CT molecular complexity index is 846.